The SMILES string of the molecule is CCNC(=NCCc1ccc(C)nc1)N1CCN(c2ccccc2)CC1. The Hall–Kier alpha value is -2.56. The van der Waals surface area contributed by atoms with Gasteiger partial charge in [-0.2, -0.15) is 0 Å². The van der Waals surface area contributed by atoms with Crippen molar-refractivity contribution in [3.8, 4) is 0 Å². The highest BCUT2D eigenvalue weighted by Crippen LogP contribution is 2.15. The Morgan fingerprint density at radius 3 is 2.50 bits per heavy atom. The number of benzene rings is 1. The number of guanidine groups is 1. The lowest BCUT2D eigenvalue weighted by Gasteiger charge is -2.37. The molecule has 1 aromatic heterocycles. The van der Waals surface area contributed by atoms with Crippen LogP contribution in [0.4, 0.5) is 5.69 Å². The molecule has 138 valence electrons. The van der Waals surface area contributed by atoms with Gasteiger partial charge in [0.2, 0.25) is 0 Å². The average Bonchev–Trinajstić information content (AvgIpc) is 2.70. The number of anilines is 1. The van der Waals surface area contributed by atoms with E-state index < -0.39 is 0 Å². The van der Waals surface area contributed by atoms with Crippen LogP contribution in [-0.4, -0.2) is 55.1 Å². The minimum atomic E-state index is 0.784. The molecular weight excluding hydrogens is 322 g/mol. The second kappa shape index (κ2) is 9.22. The fraction of sp³-hybridized carbons (Fsp3) is 0.429. The van der Waals surface area contributed by atoms with Gasteiger partial charge in [0.05, 0.1) is 0 Å². The fourth-order valence-electron chi connectivity index (χ4n) is 3.18. The summed E-state index contributed by atoms with van der Waals surface area (Å²) in [6.07, 6.45) is 2.88. The third-order valence-corrected chi connectivity index (χ3v) is 4.67. The molecule has 26 heavy (non-hydrogen) atoms. The van der Waals surface area contributed by atoms with Gasteiger partial charge in [-0.1, -0.05) is 24.3 Å². The number of pyridine rings is 1. The highest BCUT2D eigenvalue weighted by molar-refractivity contribution is 5.80. The molecule has 1 aliphatic rings. The summed E-state index contributed by atoms with van der Waals surface area (Å²) >= 11 is 0. The minimum absolute atomic E-state index is 0.784. The van der Waals surface area contributed by atoms with Crippen LogP contribution in [0.15, 0.2) is 53.7 Å². The number of para-hydroxylation sites is 1. The minimum Gasteiger partial charge on any atom is -0.368 e. The van der Waals surface area contributed by atoms with Gasteiger partial charge in [0.15, 0.2) is 5.96 Å². The van der Waals surface area contributed by atoms with E-state index in [9.17, 15) is 0 Å². The molecule has 1 aromatic carbocycles. The van der Waals surface area contributed by atoms with Crippen LogP contribution in [0.5, 0.6) is 0 Å². The Bertz CT molecular complexity index is 688. The van der Waals surface area contributed by atoms with E-state index in [0.29, 0.717) is 0 Å². The highest BCUT2D eigenvalue weighted by atomic mass is 15.3. The molecule has 5 heteroatoms. The summed E-state index contributed by atoms with van der Waals surface area (Å²) < 4.78 is 0. The number of aromatic nitrogens is 1. The second-order valence-corrected chi connectivity index (χ2v) is 6.60. The number of nitrogens with one attached hydrogen (secondary N) is 1. The highest BCUT2D eigenvalue weighted by Gasteiger charge is 2.19. The smallest absolute Gasteiger partial charge is 0.194 e. The number of hydrogen-bond acceptors (Lipinski definition) is 3. The van der Waals surface area contributed by atoms with Crippen molar-refractivity contribution in [2.45, 2.75) is 20.3 Å². The van der Waals surface area contributed by atoms with E-state index in [1.165, 1.54) is 11.3 Å². The van der Waals surface area contributed by atoms with E-state index in [4.69, 9.17) is 4.99 Å². The summed E-state index contributed by atoms with van der Waals surface area (Å²) in [5.41, 5.74) is 3.60. The lowest BCUT2D eigenvalue weighted by molar-refractivity contribution is 0.372. The second-order valence-electron chi connectivity index (χ2n) is 6.60. The Morgan fingerprint density at radius 1 is 1.08 bits per heavy atom. The summed E-state index contributed by atoms with van der Waals surface area (Å²) in [6.45, 7) is 9.85. The topological polar surface area (TPSA) is 43.8 Å². The van der Waals surface area contributed by atoms with Gasteiger partial charge in [-0.25, -0.2) is 0 Å². The van der Waals surface area contributed by atoms with Crippen LogP contribution < -0.4 is 10.2 Å². The summed E-state index contributed by atoms with van der Waals surface area (Å²) in [5, 5.41) is 3.44. The third kappa shape index (κ3) is 4.97. The first kappa shape index (κ1) is 18.2. The maximum atomic E-state index is 4.84. The molecule has 2 heterocycles. The van der Waals surface area contributed by atoms with E-state index in [0.717, 1.165) is 57.3 Å². The zero-order valence-electron chi connectivity index (χ0n) is 15.9. The van der Waals surface area contributed by atoms with Gasteiger partial charge in [0.1, 0.15) is 0 Å². The molecule has 0 bridgehead atoms. The first-order valence-electron chi connectivity index (χ1n) is 9.51. The van der Waals surface area contributed by atoms with Crippen molar-refractivity contribution in [3.05, 3.63) is 59.9 Å². The Labute approximate surface area is 156 Å². The quantitative estimate of drug-likeness (QED) is 0.664. The van der Waals surface area contributed by atoms with Crippen molar-refractivity contribution in [2.24, 2.45) is 4.99 Å². The normalized spacial score (nSPS) is 15.2. The number of aryl methyl sites for hydroxylation is 1. The summed E-state index contributed by atoms with van der Waals surface area (Å²) in [5.74, 6) is 1.03. The molecule has 1 fully saturated rings. The lowest BCUT2D eigenvalue weighted by atomic mass is 10.2. The van der Waals surface area contributed by atoms with Gasteiger partial charge in [-0.05, 0) is 44.0 Å². The van der Waals surface area contributed by atoms with Crippen molar-refractivity contribution >= 4 is 11.6 Å². The molecule has 1 N–H and O–H groups in total. The van der Waals surface area contributed by atoms with Gasteiger partial charge in [0.25, 0.3) is 0 Å². The zero-order chi connectivity index (χ0) is 18.2. The van der Waals surface area contributed by atoms with Crippen LogP contribution in [0, 0.1) is 6.92 Å². The van der Waals surface area contributed by atoms with Crippen molar-refractivity contribution in [2.75, 3.05) is 44.2 Å². The van der Waals surface area contributed by atoms with Crippen LogP contribution >= 0.6 is 0 Å². The molecule has 5 nitrogen and oxygen atoms in total. The van der Waals surface area contributed by atoms with Crippen LogP contribution in [-0.2, 0) is 6.42 Å². The first-order valence-corrected chi connectivity index (χ1v) is 9.51. The molecule has 1 aliphatic heterocycles. The molecule has 0 spiro atoms. The predicted molar refractivity (Wildman–Crippen MR) is 109 cm³/mol. The molecule has 0 aliphatic carbocycles. The molecule has 3 rings (SSSR count). The Balaban J connectivity index is 1.55. The number of aliphatic imine (C=N–C) groups is 1. The first-order chi connectivity index (χ1) is 12.8. The third-order valence-electron chi connectivity index (χ3n) is 4.67. The molecule has 0 saturated carbocycles. The molecule has 0 amide bonds. The van der Waals surface area contributed by atoms with E-state index in [2.05, 4.69) is 69.5 Å². The van der Waals surface area contributed by atoms with Crippen molar-refractivity contribution in [1.82, 2.24) is 15.2 Å². The molecule has 2 aromatic rings. The number of hydrogen-bond donors (Lipinski definition) is 1. The van der Waals surface area contributed by atoms with Gasteiger partial charge in [-0.15, -0.1) is 0 Å². The number of rotatable bonds is 5. The summed E-state index contributed by atoms with van der Waals surface area (Å²) in [7, 11) is 0. The summed E-state index contributed by atoms with van der Waals surface area (Å²) in [6, 6.07) is 14.9. The Morgan fingerprint density at radius 2 is 1.85 bits per heavy atom. The number of piperazine rings is 1. The van der Waals surface area contributed by atoms with Crippen molar-refractivity contribution in [3.63, 3.8) is 0 Å². The van der Waals surface area contributed by atoms with Gasteiger partial charge in [0, 0.05) is 56.8 Å². The van der Waals surface area contributed by atoms with E-state index in [1.807, 2.05) is 13.1 Å². The lowest BCUT2D eigenvalue weighted by Crippen LogP contribution is -2.52. The number of nitrogens with zero attached hydrogens (tertiary/aromatic N) is 4. The molecule has 0 atom stereocenters. The maximum Gasteiger partial charge on any atom is 0.194 e. The van der Waals surface area contributed by atoms with Crippen LogP contribution in [0.2, 0.25) is 0 Å². The fourth-order valence-corrected chi connectivity index (χ4v) is 3.18. The average molecular weight is 351 g/mol. The standard InChI is InChI=1S/C21H29N5/c1-3-22-21(23-12-11-19-10-9-18(2)24-17-19)26-15-13-25(14-16-26)20-7-5-4-6-8-20/h4-10,17H,3,11-16H2,1-2H3,(H,22,23). The largest absolute Gasteiger partial charge is 0.368 e. The van der Waals surface area contributed by atoms with E-state index in [-0.39, 0.29) is 0 Å². The van der Waals surface area contributed by atoms with Crippen molar-refractivity contribution in [1.29, 1.82) is 0 Å². The predicted octanol–water partition coefficient (Wildman–Crippen LogP) is 2.72. The van der Waals surface area contributed by atoms with Crippen LogP contribution in [0.1, 0.15) is 18.2 Å². The summed E-state index contributed by atoms with van der Waals surface area (Å²) in [4.78, 5) is 14.0. The van der Waals surface area contributed by atoms with Crippen LogP contribution in [0.3, 0.4) is 0 Å². The van der Waals surface area contributed by atoms with Gasteiger partial charge >= 0.3 is 0 Å². The van der Waals surface area contributed by atoms with Crippen molar-refractivity contribution < 1.29 is 0 Å². The van der Waals surface area contributed by atoms with E-state index in [1.54, 1.807) is 0 Å². The molecule has 0 unspecified atom stereocenters. The van der Waals surface area contributed by atoms with E-state index >= 15 is 0 Å². The monoisotopic (exact) mass is 351 g/mol. The van der Waals surface area contributed by atoms with Crippen LogP contribution in [0.25, 0.3) is 0 Å². The zero-order valence-corrected chi connectivity index (χ0v) is 15.9. The van der Waals surface area contributed by atoms with Gasteiger partial charge in [-0.3, -0.25) is 9.98 Å². The van der Waals surface area contributed by atoms with Gasteiger partial charge < -0.3 is 15.1 Å². The molecular formula is C21H29N5. The molecule has 1 saturated heterocycles. The Kier molecular flexibility index (Phi) is 6.47. The maximum absolute atomic E-state index is 4.84. The molecule has 0 radical (unpaired) electrons.